The second-order valence-electron chi connectivity index (χ2n) is 5.33. The van der Waals surface area contributed by atoms with Crippen LogP contribution in [0.2, 0.25) is 0 Å². The van der Waals surface area contributed by atoms with Crippen molar-refractivity contribution in [3.05, 3.63) is 35.9 Å². The standard InChI is InChI=1S/C15H17F3N2O3/c1-11-9-19(13(21)15(16,17)18)7-8-20(11)14(22)23-10-12-5-3-2-4-6-12/h2-6,11H,7-10H2,1H3/t11-/m0/s1. The van der Waals surface area contributed by atoms with Crippen LogP contribution in [0.4, 0.5) is 18.0 Å². The number of carbonyl (C=O) groups is 2. The van der Waals surface area contributed by atoms with Crippen molar-refractivity contribution in [2.24, 2.45) is 0 Å². The zero-order valence-electron chi connectivity index (χ0n) is 12.5. The highest BCUT2D eigenvalue weighted by Gasteiger charge is 2.44. The first-order valence-electron chi connectivity index (χ1n) is 7.12. The molecule has 1 fully saturated rings. The number of hydrogen-bond acceptors (Lipinski definition) is 3. The third kappa shape index (κ3) is 4.37. The summed E-state index contributed by atoms with van der Waals surface area (Å²) in [5.74, 6) is -1.87. The molecule has 0 bridgehead atoms. The molecule has 1 aliphatic rings. The number of nitrogens with zero attached hydrogens (tertiary/aromatic N) is 2. The summed E-state index contributed by atoms with van der Waals surface area (Å²) in [6.45, 7) is 1.35. The molecule has 23 heavy (non-hydrogen) atoms. The number of halogens is 3. The minimum atomic E-state index is -4.89. The highest BCUT2D eigenvalue weighted by molar-refractivity contribution is 5.82. The Bertz CT molecular complexity index is 563. The van der Waals surface area contributed by atoms with Crippen LogP contribution < -0.4 is 0 Å². The van der Waals surface area contributed by atoms with E-state index in [2.05, 4.69) is 0 Å². The lowest BCUT2D eigenvalue weighted by Gasteiger charge is -2.39. The SMILES string of the molecule is C[C@H]1CN(C(=O)C(F)(F)F)CCN1C(=O)OCc1ccccc1. The van der Waals surface area contributed by atoms with Crippen molar-refractivity contribution in [3.8, 4) is 0 Å². The van der Waals surface area contributed by atoms with Gasteiger partial charge in [0.05, 0.1) is 0 Å². The van der Waals surface area contributed by atoms with Crippen LogP contribution in [0.3, 0.4) is 0 Å². The number of alkyl halides is 3. The molecule has 0 saturated carbocycles. The number of ether oxygens (including phenoxy) is 1. The maximum absolute atomic E-state index is 12.4. The van der Waals surface area contributed by atoms with Crippen LogP contribution in [-0.2, 0) is 16.1 Å². The largest absolute Gasteiger partial charge is 0.471 e. The van der Waals surface area contributed by atoms with E-state index in [1.165, 1.54) is 4.90 Å². The van der Waals surface area contributed by atoms with Crippen LogP contribution in [0.15, 0.2) is 30.3 Å². The lowest BCUT2D eigenvalue weighted by atomic mass is 10.2. The second kappa shape index (κ2) is 6.89. The van der Waals surface area contributed by atoms with Crippen LogP contribution in [0.25, 0.3) is 0 Å². The Hall–Kier alpha value is -2.25. The number of amides is 2. The van der Waals surface area contributed by atoms with Gasteiger partial charge in [0.25, 0.3) is 0 Å². The van der Waals surface area contributed by atoms with E-state index in [0.29, 0.717) is 4.90 Å². The first-order valence-corrected chi connectivity index (χ1v) is 7.12. The third-order valence-corrected chi connectivity index (χ3v) is 3.60. The van der Waals surface area contributed by atoms with Crippen LogP contribution in [0.5, 0.6) is 0 Å². The Morgan fingerprint density at radius 2 is 1.87 bits per heavy atom. The summed E-state index contributed by atoms with van der Waals surface area (Å²) in [5.41, 5.74) is 0.819. The molecule has 5 nitrogen and oxygen atoms in total. The summed E-state index contributed by atoms with van der Waals surface area (Å²) in [7, 11) is 0. The van der Waals surface area contributed by atoms with Gasteiger partial charge in [-0.1, -0.05) is 30.3 Å². The fourth-order valence-corrected chi connectivity index (χ4v) is 2.39. The maximum atomic E-state index is 12.4. The smallest absolute Gasteiger partial charge is 0.445 e. The van der Waals surface area contributed by atoms with Gasteiger partial charge in [-0.2, -0.15) is 13.2 Å². The van der Waals surface area contributed by atoms with Gasteiger partial charge in [-0.05, 0) is 12.5 Å². The van der Waals surface area contributed by atoms with Gasteiger partial charge in [-0.15, -0.1) is 0 Å². The Labute approximate surface area is 131 Å². The van der Waals surface area contributed by atoms with E-state index in [0.717, 1.165) is 5.56 Å². The van der Waals surface area contributed by atoms with E-state index in [1.54, 1.807) is 19.1 Å². The van der Waals surface area contributed by atoms with E-state index in [1.807, 2.05) is 18.2 Å². The van der Waals surface area contributed by atoms with Crippen molar-refractivity contribution in [2.45, 2.75) is 25.7 Å². The van der Waals surface area contributed by atoms with Crippen LogP contribution in [0.1, 0.15) is 12.5 Å². The fourth-order valence-electron chi connectivity index (χ4n) is 2.39. The Balaban J connectivity index is 1.88. The third-order valence-electron chi connectivity index (χ3n) is 3.60. The van der Waals surface area contributed by atoms with Gasteiger partial charge >= 0.3 is 18.2 Å². The Morgan fingerprint density at radius 1 is 1.22 bits per heavy atom. The molecular formula is C15H17F3N2O3. The molecule has 0 unspecified atom stereocenters. The lowest BCUT2D eigenvalue weighted by Crippen LogP contribution is -2.57. The van der Waals surface area contributed by atoms with Crippen molar-refractivity contribution in [3.63, 3.8) is 0 Å². The van der Waals surface area contributed by atoms with Crippen molar-refractivity contribution >= 4 is 12.0 Å². The molecule has 0 aliphatic carbocycles. The number of hydrogen-bond donors (Lipinski definition) is 0. The van der Waals surface area contributed by atoms with Gasteiger partial charge in [0, 0.05) is 25.7 Å². The van der Waals surface area contributed by atoms with Crippen LogP contribution >= 0.6 is 0 Å². The Morgan fingerprint density at radius 3 is 2.43 bits per heavy atom. The molecule has 0 spiro atoms. The number of piperazine rings is 1. The molecule has 1 aliphatic heterocycles. The summed E-state index contributed by atoms with van der Waals surface area (Å²) in [6, 6.07) is 8.52. The van der Waals surface area contributed by atoms with E-state index < -0.39 is 24.2 Å². The van der Waals surface area contributed by atoms with Crippen LogP contribution in [-0.4, -0.2) is 53.7 Å². The maximum Gasteiger partial charge on any atom is 0.471 e. The van der Waals surface area contributed by atoms with E-state index >= 15 is 0 Å². The molecule has 0 N–H and O–H groups in total. The highest BCUT2D eigenvalue weighted by Crippen LogP contribution is 2.21. The summed E-state index contributed by atoms with van der Waals surface area (Å²) < 4.78 is 42.4. The minimum Gasteiger partial charge on any atom is -0.445 e. The van der Waals surface area contributed by atoms with E-state index in [4.69, 9.17) is 4.74 Å². The highest BCUT2D eigenvalue weighted by atomic mass is 19.4. The first kappa shape index (κ1) is 17.1. The molecule has 0 radical (unpaired) electrons. The van der Waals surface area contributed by atoms with Crippen molar-refractivity contribution in [1.29, 1.82) is 0 Å². The Kier molecular flexibility index (Phi) is 5.12. The van der Waals surface area contributed by atoms with E-state index in [9.17, 15) is 22.8 Å². The molecule has 2 amide bonds. The van der Waals surface area contributed by atoms with Crippen molar-refractivity contribution in [1.82, 2.24) is 9.80 Å². The zero-order chi connectivity index (χ0) is 17.0. The average molecular weight is 330 g/mol. The normalized spacial score (nSPS) is 18.7. The molecule has 1 heterocycles. The van der Waals surface area contributed by atoms with E-state index in [-0.39, 0.29) is 26.2 Å². The molecule has 126 valence electrons. The lowest BCUT2D eigenvalue weighted by molar-refractivity contribution is -0.187. The number of carbonyl (C=O) groups excluding carboxylic acids is 2. The van der Waals surface area contributed by atoms with Gasteiger partial charge in [0.15, 0.2) is 0 Å². The monoisotopic (exact) mass is 330 g/mol. The van der Waals surface area contributed by atoms with Gasteiger partial charge in [-0.25, -0.2) is 4.79 Å². The summed E-state index contributed by atoms with van der Waals surface area (Å²) >= 11 is 0. The fraction of sp³-hybridized carbons (Fsp3) is 0.467. The van der Waals surface area contributed by atoms with Crippen molar-refractivity contribution < 1.29 is 27.5 Å². The second-order valence-corrected chi connectivity index (χ2v) is 5.33. The first-order chi connectivity index (χ1) is 10.8. The molecule has 0 aromatic heterocycles. The number of benzene rings is 1. The van der Waals surface area contributed by atoms with Crippen LogP contribution in [0, 0.1) is 0 Å². The molecule has 1 aromatic carbocycles. The van der Waals surface area contributed by atoms with Crippen molar-refractivity contribution in [2.75, 3.05) is 19.6 Å². The van der Waals surface area contributed by atoms with Gasteiger partial charge in [0.2, 0.25) is 0 Å². The molecular weight excluding hydrogens is 313 g/mol. The predicted molar refractivity (Wildman–Crippen MR) is 75.4 cm³/mol. The summed E-state index contributed by atoms with van der Waals surface area (Å²) in [6.07, 6.45) is -5.49. The molecule has 2 rings (SSSR count). The average Bonchev–Trinajstić information content (AvgIpc) is 2.52. The van der Waals surface area contributed by atoms with Gasteiger partial charge < -0.3 is 14.5 Å². The molecule has 1 aromatic rings. The van der Waals surface area contributed by atoms with Gasteiger partial charge in [-0.3, -0.25) is 4.79 Å². The predicted octanol–water partition coefficient (Wildman–Crippen LogP) is 2.42. The minimum absolute atomic E-state index is 0.0105. The molecule has 1 atom stereocenters. The topological polar surface area (TPSA) is 49.9 Å². The quantitative estimate of drug-likeness (QED) is 0.837. The summed E-state index contributed by atoms with van der Waals surface area (Å²) in [5, 5.41) is 0. The molecule has 8 heteroatoms. The molecule has 1 saturated heterocycles. The summed E-state index contributed by atoms with van der Waals surface area (Å²) in [4.78, 5) is 25.3. The van der Waals surface area contributed by atoms with Gasteiger partial charge in [0.1, 0.15) is 6.61 Å². The number of rotatable bonds is 2. The zero-order valence-corrected chi connectivity index (χ0v) is 12.5.